The number of nitrogens with two attached hydrogens (primary N) is 1. The highest BCUT2D eigenvalue weighted by Gasteiger charge is 2.37. The van der Waals surface area contributed by atoms with Crippen LogP contribution in [0.15, 0.2) is 0 Å². The highest BCUT2D eigenvalue weighted by molar-refractivity contribution is 6.60. The SMILES string of the molecule is CCCCCCCCCCCCCCCCCCN.CO[Si](CCC[NH+](C)C)(OC)OC.[Cl-]. The Kier molecular flexibility index (Phi) is 34.8. The summed E-state index contributed by atoms with van der Waals surface area (Å²) in [7, 11) is 6.94. The lowest BCUT2D eigenvalue weighted by Crippen LogP contribution is -3.05. The van der Waals surface area contributed by atoms with Gasteiger partial charge in [0.1, 0.15) is 0 Å². The van der Waals surface area contributed by atoms with Crippen molar-refractivity contribution in [3.63, 3.8) is 0 Å². The average Bonchev–Trinajstić information content (AvgIpc) is 2.80. The van der Waals surface area contributed by atoms with Gasteiger partial charge in [-0.05, 0) is 13.0 Å². The molecule has 0 bridgehead atoms. The van der Waals surface area contributed by atoms with Gasteiger partial charge in [-0.15, -0.1) is 0 Å². The van der Waals surface area contributed by atoms with Crippen molar-refractivity contribution in [2.45, 2.75) is 122 Å². The van der Waals surface area contributed by atoms with Crippen LogP contribution >= 0.6 is 0 Å². The molecule has 0 heterocycles. The molecule has 204 valence electrons. The van der Waals surface area contributed by atoms with Crippen LogP contribution in [-0.2, 0) is 13.3 Å². The van der Waals surface area contributed by atoms with Crippen molar-refractivity contribution in [2.75, 3.05) is 48.5 Å². The van der Waals surface area contributed by atoms with Gasteiger partial charge in [0, 0.05) is 33.8 Å². The van der Waals surface area contributed by atoms with Crippen LogP contribution < -0.4 is 23.0 Å². The molecule has 0 aromatic rings. The predicted molar refractivity (Wildman–Crippen MR) is 142 cm³/mol. The van der Waals surface area contributed by atoms with Gasteiger partial charge in [-0.1, -0.05) is 103 Å². The van der Waals surface area contributed by atoms with E-state index in [4.69, 9.17) is 19.0 Å². The summed E-state index contributed by atoms with van der Waals surface area (Å²) in [6.07, 6.45) is 23.9. The molecule has 7 heteroatoms. The van der Waals surface area contributed by atoms with Crippen LogP contribution in [0.4, 0.5) is 0 Å². The molecule has 5 nitrogen and oxygen atoms in total. The summed E-state index contributed by atoms with van der Waals surface area (Å²) in [6.45, 7) is 4.28. The Balaban J connectivity index is -0.000000566. The largest absolute Gasteiger partial charge is 1.00 e. The fourth-order valence-corrected chi connectivity index (χ4v) is 5.63. The third-order valence-electron chi connectivity index (χ3n) is 6.15. The Hall–Kier alpha value is 0.307. The van der Waals surface area contributed by atoms with Crippen LogP contribution in [0.5, 0.6) is 0 Å². The number of rotatable bonds is 23. The monoisotopic (exact) mass is 512 g/mol. The maximum absolute atomic E-state index is 5.48. The highest BCUT2D eigenvalue weighted by atomic mass is 35.5. The standard InChI is InChI=1S/C18H39N.C8H21NO3Si.ClH/c1-2-3-4-5-6-7-8-9-10-11-12-13-14-15-16-17-18-19;1-9(2)7-6-8-13(10-3,11-4)12-5;/h2-19H2,1H3;6-8H2,1-5H3;1H. The zero-order chi connectivity index (χ0) is 24.3. The number of hydrogen-bond acceptors (Lipinski definition) is 4. The molecule has 0 radical (unpaired) electrons. The Morgan fingerprint density at radius 2 is 0.909 bits per heavy atom. The molecule has 0 amide bonds. The normalized spacial score (nSPS) is 11.3. The van der Waals surface area contributed by atoms with Crippen LogP contribution in [-0.4, -0.2) is 57.3 Å². The summed E-state index contributed by atoms with van der Waals surface area (Å²) >= 11 is 0. The molecule has 33 heavy (non-hydrogen) atoms. The van der Waals surface area contributed by atoms with E-state index in [1.165, 1.54) is 108 Å². The van der Waals surface area contributed by atoms with Gasteiger partial charge in [-0.3, -0.25) is 0 Å². The molecule has 0 aromatic carbocycles. The van der Waals surface area contributed by atoms with Crippen molar-refractivity contribution in [3.05, 3.63) is 0 Å². The van der Waals surface area contributed by atoms with Crippen molar-refractivity contribution in [1.82, 2.24) is 0 Å². The van der Waals surface area contributed by atoms with E-state index in [1.54, 1.807) is 21.3 Å². The van der Waals surface area contributed by atoms with E-state index in [0.717, 1.165) is 25.6 Å². The van der Waals surface area contributed by atoms with Gasteiger partial charge in [0.25, 0.3) is 0 Å². The first kappa shape index (κ1) is 37.8. The lowest BCUT2D eigenvalue weighted by Gasteiger charge is -2.24. The van der Waals surface area contributed by atoms with E-state index in [0.29, 0.717) is 0 Å². The van der Waals surface area contributed by atoms with Crippen LogP contribution in [0, 0.1) is 0 Å². The molecule has 0 rings (SSSR count). The third-order valence-corrected chi connectivity index (χ3v) is 8.98. The van der Waals surface area contributed by atoms with E-state index in [-0.39, 0.29) is 12.4 Å². The number of hydrogen-bond donors (Lipinski definition) is 2. The van der Waals surface area contributed by atoms with Crippen molar-refractivity contribution >= 4 is 8.80 Å². The van der Waals surface area contributed by atoms with E-state index in [2.05, 4.69) is 21.0 Å². The van der Waals surface area contributed by atoms with Crippen LogP contribution in [0.3, 0.4) is 0 Å². The Labute approximate surface area is 215 Å². The molecule has 0 aliphatic heterocycles. The van der Waals surface area contributed by atoms with Gasteiger partial charge in [-0.2, -0.15) is 0 Å². The minimum Gasteiger partial charge on any atom is -1.00 e. The summed E-state index contributed by atoms with van der Waals surface area (Å²) in [5.41, 5.74) is 5.48. The molecule has 0 saturated heterocycles. The summed E-state index contributed by atoms with van der Waals surface area (Å²) < 4.78 is 15.9. The molecular weight excluding hydrogens is 452 g/mol. The maximum atomic E-state index is 5.48. The molecule has 0 aliphatic carbocycles. The van der Waals surface area contributed by atoms with Gasteiger partial charge in [0.2, 0.25) is 0 Å². The Morgan fingerprint density at radius 3 is 1.18 bits per heavy atom. The quantitative estimate of drug-likeness (QED) is 0.163. The molecular formula is C26H61ClN2O3Si. The lowest BCUT2D eigenvalue weighted by molar-refractivity contribution is -0.858. The topological polar surface area (TPSA) is 58.2 Å². The minimum atomic E-state index is -2.30. The number of quaternary nitrogens is 1. The van der Waals surface area contributed by atoms with E-state index >= 15 is 0 Å². The number of nitrogens with one attached hydrogen (secondary N) is 1. The average molecular weight is 513 g/mol. The van der Waals surface area contributed by atoms with Gasteiger partial charge < -0.3 is 36.3 Å². The number of unbranched alkanes of at least 4 members (excludes halogenated alkanes) is 15. The van der Waals surface area contributed by atoms with Crippen LogP contribution in [0.2, 0.25) is 6.04 Å². The molecule has 0 aliphatic rings. The van der Waals surface area contributed by atoms with Crippen molar-refractivity contribution < 1.29 is 30.6 Å². The van der Waals surface area contributed by atoms with Gasteiger partial charge in [0.15, 0.2) is 0 Å². The fraction of sp³-hybridized carbons (Fsp3) is 1.00. The fourth-order valence-electron chi connectivity index (χ4n) is 3.91. The summed E-state index contributed by atoms with van der Waals surface area (Å²) in [5.74, 6) is 0. The van der Waals surface area contributed by atoms with Gasteiger partial charge >= 0.3 is 8.80 Å². The zero-order valence-corrected chi connectivity index (χ0v) is 25.1. The second kappa shape index (κ2) is 30.3. The zero-order valence-electron chi connectivity index (χ0n) is 23.3. The van der Waals surface area contributed by atoms with Gasteiger partial charge in [-0.25, -0.2) is 0 Å². The van der Waals surface area contributed by atoms with Crippen LogP contribution in [0.25, 0.3) is 0 Å². The first-order valence-electron chi connectivity index (χ1n) is 13.7. The molecule has 0 aromatic heterocycles. The maximum Gasteiger partial charge on any atom is 0.500 e. The molecule has 3 N–H and O–H groups in total. The predicted octanol–water partition coefficient (Wildman–Crippen LogP) is 2.61. The van der Waals surface area contributed by atoms with E-state index in [9.17, 15) is 0 Å². The summed E-state index contributed by atoms with van der Waals surface area (Å²) in [6, 6.07) is 0.891. The minimum absolute atomic E-state index is 0. The molecule has 0 atom stereocenters. The van der Waals surface area contributed by atoms with E-state index in [1.807, 2.05) is 0 Å². The lowest BCUT2D eigenvalue weighted by atomic mass is 10.0. The Bertz CT molecular complexity index is 325. The second-order valence-electron chi connectivity index (χ2n) is 9.45. The Morgan fingerprint density at radius 1 is 0.576 bits per heavy atom. The van der Waals surface area contributed by atoms with Crippen molar-refractivity contribution in [1.29, 1.82) is 0 Å². The first-order valence-corrected chi connectivity index (χ1v) is 15.6. The summed E-state index contributed by atoms with van der Waals surface area (Å²) in [4.78, 5) is 1.44. The van der Waals surface area contributed by atoms with Crippen molar-refractivity contribution in [3.8, 4) is 0 Å². The third kappa shape index (κ3) is 28.4. The smallest absolute Gasteiger partial charge is 0.500 e. The highest BCUT2D eigenvalue weighted by Crippen LogP contribution is 2.14. The van der Waals surface area contributed by atoms with E-state index < -0.39 is 8.80 Å². The molecule has 0 fully saturated rings. The molecule has 0 saturated carbocycles. The first-order chi connectivity index (χ1) is 15.5. The molecule has 0 unspecified atom stereocenters. The second-order valence-corrected chi connectivity index (χ2v) is 12.5. The summed E-state index contributed by atoms with van der Waals surface area (Å²) in [5, 5.41) is 0. The van der Waals surface area contributed by atoms with Crippen LogP contribution in [0.1, 0.15) is 116 Å². The number of halogens is 1. The van der Waals surface area contributed by atoms with Crippen molar-refractivity contribution in [2.24, 2.45) is 5.73 Å². The molecule has 0 spiro atoms. The van der Waals surface area contributed by atoms with Gasteiger partial charge in [0.05, 0.1) is 20.6 Å².